The van der Waals surface area contributed by atoms with E-state index in [0.29, 0.717) is 11.3 Å². The van der Waals surface area contributed by atoms with Crippen LogP contribution < -0.4 is 10.0 Å². The zero-order valence-electron chi connectivity index (χ0n) is 14.1. The van der Waals surface area contributed by atoms with Crippen LogP contribution in [0.15, 0.2) is 46.9 Å². The van der Waals surface area contributed by atoms with Gasteiger partial charge in [0.25, 0.3) is 10.2 Å². The van der Waals surface area contributed by atoms with Crippen LogP contribution in [0.25, 0.3) is 0 Å². The number of nitrogens with zero attached hydrogens (tertiary/aromatic N) is 1. The highest BCUT2D eigenvalue weighted by Crippen LogP contribution is 2.29. The average Bonchev–Trinajstić information content (AvgIpc) is 2.61. The Kier molecular flexibility index (Phi) is 5.61. The smallest absolute Gasteiger partial charge is 0.280 e. The Hall–Kier alpha value is -1.88. The zero-order chi connectivity index (χ0) is 19.8. The molecule has 2 aromatic carbocycles. The third kappa shape index (κ3) is 4.34. The molecule has 0 bridgehead atoms. The van der Waals surface area contributed by atoms with Crippen molar-refractivity contribution in [2.45, 2.75) is 18.5 Å². The van der Waals surface area contributed by atoms with Crippen LogP contribution in [0.1, 0.15) is 18.0 Å². The van der Waals surface area contributed by atoms with E-state index < -0.39 is 39.8 Å². The quantitative estimate of drug-likeness (QED) is 0.740. The van der Waals surface area contributed by atoms with Gasteiger partial charge in [-0.15, -0.1) is 0 Å². The Balaban J connectivity index is 1.84. The van der Waals surface area contributed by atoms with E-state index >= 15 is 0 Å². The average molecular weight is 460 g/mol. The lowest BCUT2D eigenvalue weighted by Crippen LogP contribution is -2.55. The Bertz CT molecular complexity index is 970. The van der Waals surface area contributed by atoms with Gasteiger partial charge in [-0.2, -0.15) is 17.4 Å². The molecule has 1 saturated heterocycles. The summed E-state index contributed by atoms with van der Waals surface area (Å²) in [5.41, 5.74) is 0.881. The van der Waals surface area contributed by atoms with E-state index in [-0.39, 0.29) is 10.9 Å². The van der Waals surface area contributed by atoms with Gasteiger partial charge in [0.1, 0.15) is 17.7 Å². The van der Waals surface area contributed by atoms with Crippen LogP contribution in [-0.2, 0) is 15.0 Å². The SMILES string of the molecule is CN1[C@H](C(=O)Nc2ccc(F)c(Br)c2)C[C@H](c2ccc(F)cc2)NS1(=O)=O. The van der Waals surface area contributed by atoms with Crippen molar-refractivity contribution < 1.29 is 22.0 Å². The van der Waals surface area contributed by atoms with Crippen LogP contribution in [0, 0.1) is 11.6 Å². The van der Waals surface area contributed by atoms with Crippen molar-refractivity contribution in [2.75, 3.05) is 12.4 Å². The molecule has 0 saturated carbocycles. The third-order valence-corrected chi connectivity index (χ3v) is 6.53. The topological polar surface area (TPSA) is 78.5 Å². The molecule has 2 N–H and O–H groups in total. The number of hydrogen-bond donors (Lipinski definition) is 2. The predicted molar refractivity (Wildman–Crippen MR) is 100 cm³/mol. The fraction of sp³-hybridized carbons (Fsp3) is 0.235. The van der Waals surface area contributed by atoms with Gasteiger partial charge < -0.3 is 5.32 Å². The summed E-state index contributed by atoms with van der Waals surface area (Å²) in [4.78, 5) is 12.7. The first kappa shape index (κ1) is 19.9. The van der Waals surface area contributed by atoms with Gasteiger partial charge in [-0.3, -0.25) is 4.79 Å². The molecule has 3 rings (SSSR count). The van der Waals surface area contributed by atoms with Crippen LogP contribution in [0.2, 0.25) is 0 Å². The molecule has 10 heteroatoms. The van der Waals surface area contributed by atoms with Crippen molar-refractivity contribution >= 4 is 37.7 Å². The van der Waals surface area contributed by atoms with Gasteiger partial charge in [-0.05, 0) is 58.2 Å². The molecule has 0 aliphatic carbocycles. The number of halogens is 3. The van der Waals surface area contributed by atoms with E-state index in [1.54, 1.807) is 0 Å². The maximum absolute atomic E-state index is 13.3. The number of nitrogens with one attached hydrogen (secondary N) is 2. The highest BCUT2D eigenvalue weighted by atomic mass is 79.9. The summed E-state index contributed by atoms with van der Waals surface area (Å²) in [5, 5.41) is 2.60. The van der Waals surface area contributed by atoms with E-state index in [2.05, 4.69) is 26.0 Å². The van der Waals surface area contributed by atoms with Crippen molar-refractivity contribution in [3.8, 4) is 0 Å². The number of likely N-dealkylation sites (N-methyl/N-ethyl adjacent to an activating group) is 1. The Morgan fingerprint density at radius 1 is 1.22 bits per heavy atom. The molecule has 0 radical (unpaired) electrons. The monoisotopic (exact) mass is 459 g/mol. The minimum Gasteiger partial charge on any atom is -0.325 e. The fourth-order valence-electron chi connectivity index (χ4n) is 2.82. The number of carbonyl (C=O) groups is 1. The molecule has 1 aliphatic rings. The summed E-state index contributed by atoms with van der Waals surface area (Å²) < 4.78 is 54.9. The van der Waals surface area contributed by atoms with Crippen LogP contribution in [0.4, 0.5) is 14.5 Å². The second-order valence-electron chi connectivity index (χ2n) is 6.11. The van der Waals surface area contributed by atoms with Crippen molar-refractivity contribution in [3.63, 3.8) is 0 Å². The number of rotatable bonds is 3. The minimum atomic E-state index is -3.91. The summed E-state index contributed by atoms with van der Waals surface area (Å²) in [6.07, 6.45) is 0.148. The molecule has 0 unspecified atom stereocenters. The summed E-state index contributed by atoms with van der Waals surface area (Å²) in [6.45, 7) is 0. The third-order valence-electron chi connectivity index (χ3n) is 4.33. The van der Waals surface area contributed by atoms with E-state index in [1.165, 1.54) is 49.5 Å². The molecule has 0 spiro atoms. The largest absolute Gasteiger partial charge is 0.325 e. The lowest BCUT2D eigenvalue weighted by atomic mass is 9.99. The van der Waals surface area contributed by atoms with Crippen molar-refractivity contribution in [1.82, 2.24) is 9.03 Å². The van der Waals surface area contributed by atoms with Gasteiger partial charge in [0.15, 0.2) is 0 Å². The maximum atomic E-state index is 13.3. The van der Waals surface area contributed by atoms with Crippen LogP contribution in [-0.4, -0.2) is 31.7 Å². The van der Waals surface area contributed by atoms with Gasteiger partial charge >= 0.3 is 0 Å². The van der Waals surface area contributed by atoms with Crippen LogP contribution in [0.3, 0.4) is 0 Å². The first-order valence-corrected chi connectivity index (χ1v) is 10.2. The molecule has 1 aliphatic heterocycles. The maximum Gasteiger partial charge on any atom is 0.280 e. The molecule has 2 atom stereocenters. The van der Waals surface area contributed by atoms with Gasteiger partial charge in [-0.25, -0.2) is 8.78 Å². The predicted octanol–water partition coefficient (Wildman–Crippen LogP) is 2.95. The number of anilines is 1. The van der Waals surface area contributed by atoms with Crippen molar-refractivity contribution in [3.05, 3.63) is 64.1 Å². The molecule has 2 aromatic rings. The zero-order valence-corrected chi connectivity index (χ0v) is 16.5. The minimum absolute atomic E-state index is 0.148. The van der Waals surface area contributed by atoms with E-state index in [1.807, 2.05) is 0 Å². The van der Waals surface area contributed by atoms with E-state index in [4.69, 9.17) is 0 Å². The number of benzene rings is 2. The number of carbonyl (C=O) groups excluding carboxylic acids is 1. The number of hydrogen-bond acceptors (Lipinski definition) is 3. The Morgan fingerprint density at radius 2 is 1.89 bits per heavy atom. The standard InChI is InChI=1S/C17H16BrF2N3O3S/c1-23-16(17(24)21-12-6-7-14(20)13(18)8-12)9-15(22-27(23,25)26)10-2-4-11(19)5-3-10/h2-8,15-16,22H,9H2,1H3,(H,21,24)/t15-,16+/m1/s1. The fourth-order valence-corrected chi connectivity index (χ4v) is 4.47. The first-order valence-electron chi connectivity index (χ1n) is 7.94. The molecular formula is C17H16BrF2N3O3S. The summed E-state index contributed by atoms with van der Waals surface area (Å²) in [7, 11) is -2.61. The van der Waals surface area contributed by atoms with Gasteiger partial charge in [0.05, 0.1) is 4.47 Å². The van der Waals surface area contributed by atoms with Gasteiger partial charge in [0.2, 0.25) is 5.91 Å². The molecule has 1 fully saturated rings. The Labute approximate surface area is 163 Å². The highest BCUT2D eigenvalue weighted by Gasteiger charge is 2.40. The summed E-state index contributed by atoms with van der Waals surface area (Å²) in [5.74, 6) is -1.47. The second-order valence-corrected chi connectivity index (χ2v) is 8.73. The normalized spacial score (nSPS) is 22.4. The summed E-state index contributed by atoms with van der Waals surface area (Å²) >= 11 is 3.03. The highest BCUT2D eigenvalue weighted by molar-refractivity contribution is 9.10. The lowest BCUT2D eigenvalue weighted by molar-refractivity contribution is -0.120. The van der Waals surface area contributed by atoms with Crippen molar-refractivity contribution in [1.29, 1.82) is 0 Å². The molecule has 144 valence electrons. The van der Waals surface area contributed by atoms with Crippen LogP contribution in [0.5, 0.6) is 0 Å². The molecule has 1 heterocycles. The van der Waals surface area contributed by atoms with Gasteiger partial charge in [-0.1, -0.05) is 12.1 Å². The molecular weight excluding hydrogens is 444 g/mol. The first-order chi connectivity index (χ1) is 12.7. The van der Waals surface area contributed by atoms with E-state index in [9.17, 15) is 22.0 Å². The van der Waals surface area contributed by atoms with Crippen LogP contribution >= 0.6 is 15.9 Å². The number of amides is 1. The lowest BCUT2D eigenvalue weighted by Gasteiger charge is -2.36. The molecule has 0 aromatic heterocycles. The van der Waals surface area contributed by atoms with Gasteiger partial charge in [0, 0.05) is 18.8 Å². The van der Waals surface area contributed by atoms with E-state index in [0.717, 1.165) is 4.31 Å². The molecule has 27 heavy (non-hydrogen) atoms. The van der Waals surface area contributed by atoms with Crippen molar-refractivity contribution in [2.24, 2.45) is 0 Å². The molecule has 6 nitrogen and oxygen atoms in total. The summed E-state index contributed by atoms with van der Waals surface area (Å²) in [6, 6.07) is 7.69. The Morgan fingerprint density at radius 3 is 2.52 bits per heavy atom. The molecule has 1 amide bonds. The second kappa shape index (κ2) is 7.63.